The van der Waals surface area contributed by atoms with Crippen LogP contribution in [0.2, 0.25) is 5.02 Å². The first-order chi connectivity index (χ1) is 17.6. The van der Waals surface area contributed by atoms with Crippen molar-refractivity contribution in [2.75, 3.05) is 38.2 Å². The third kappa shape index (κ3) is 5.92. The number of anilines is 1. The zero-order chi connectivity index (χ0) is 24.9. The van der Waals surface area contributed by atoms with Crippen molar-refractivity contribution in [1.82, 2.24) is 14.9 Å². The van der Waals surface area contributed by atoms with E-state index in [0.29, 0.717) is 46.0 Å². The van der Waals surface area contributed by atoms with Crippen LogP contribution in [0.3, 0.4) is 0 Å². The van der Waals surface area contributed by atoms with Crippen molar-refractivity contribution in [3.05, 3.63) is 71.3 Å². The summed E-state index contributed by atoms with van der Waals surface area (Å²) in [4.78, 5) is 36.3. The molecule has 0 radical (unpaired) electrons. The number of benzene rings is 2. The number of rotatable bonds is 2. The minimum Gasteiger partial charge on any atom is -0.487 e. The number of amides is 2. The molecule has 2 amide bonds. The highest BCUT2D eigenvalue weighted by Gasteiger charge is 2.27. The summed E-state index contributed by atoms with van der Waals surface area (Å²) in [5.74, 6) is 1.77. The maximum Gasteiger partial charge on any atom is 0.257 e. The fourth-order valence-corrected chi connectivity index (χ4v) is 3.92. The van der Waals surface area contributed by atoms with Crippen molar-refractivity contribution < 1.29 is 23.8 Å². The van der Waals surface area contributed by atoms with Gasteiger partial charge in [-0.05, 0) is 43.2 Å². The Morgan fingerprint density at radius 1 is 1.00 bits per heavy atom. The summed E-state index contributed by atoms with van der Waals surface area (Å²) in [6.45, 7) is 0.811. The summed E-state index contributed by atoms with van der Waals surface area (Å²) in [6.07, 6.45) is 5.18. The van der Waals surface area contributed by atoms with Gasteiger partial charge in [-0.2, -0.15) is 0 Å². The highest BCUT2D eigenvalue weighted by Crippen LogP contribution is 2.38. The van der Waals surface area contributed by atoms with Crippen LogP contribution >= 0.6 is 11.6 Å². The van der Waals surface area contributed by atoms with Crippen LogP contribution in [0.25, 0.3) is 0 Å². The summed E-state index contributed by atoms with van der Waals surface area (Å²) < 4.78 is 17.6. The van der Waals surface area contributed by atoms with Gasteiger partial charge in [0.1, 0.15) is 19.0 Å². The number of hydrogen-bond donors (Lipinski definition) is 1. The highest BCUT2D eigenvalue weighted by molar-refractivity contribution is 6.31. The monoisotopic (exact) mass is 508 g/mol. The molecule has 186 valence electrons. The van der Waals surface area contributed by atoms with E-state index >= 15 is 0 Å². The summed E-state index contributed by atoms with van der Waals surface area (Å²) in [6, 6.07) is 12.1. The molecule has 1 aliphatic heterocycles. The molecule has 0 unspecified atom stereocenters. The molecule has 1 N–H and O–H groups in total. The van der Waals surface area contributed by atoms with E-state index in [1.807, 2.05) is 12.1 Å². The van der Waals surface area contributed by atoms with E-state index in [1.54, 1.807) is 30.3 Å². The highest BCUT2D eigenvalue weighted by atomic mass is 35.5. The van der Waals surface area contributed by atoms with Gasteiger partial charge in [0.15, 0.2) is 17.2 Å². The third-order valence-corrected chi connectivity index (χ3v) is 5.99. The number of nitrogens with one attached hydrogen (secondary N) is 1. The zero-order valence-corrected chi connectivity index (χ0v) is 20.2. The topological polar surface area (TPSA) is 103 Å². The van der Waals surface area contributed by atoms with E-state index < -0.39 is 5.91 Å². The zero-order valence-electron chi connectivity index (χ0n) is 19.5. The molecule has 1 aliphatic carbocycles. The maximum atomic E-state index is 13.2. The van der Waals surface area contributed by atoms with Crippen molar-refractivity contribution in [3.63, 3.8) is 0 Å². The van der Waals surface area contributed by atoms with E-state index in [-0.39, 0.29) is 32.2 Å². The molecule has 2 aromatic carbocycles. The van der Waals surface area contributed by atoms with Crippen molar-refractivity contribution in [2.45, 2.75) is 18.8 Å². The Kier molecular flexibility index (Phi) is 7.29. The van der Waals surface area contributed by atoms with Crippen LogP contribution in [-0.4, -0.2) is 59.6 Å². The van der Waals surface area contributed by atoms with Crippen molar-refractivity contribution in [2.24, 2.45) is 0 Å². The lowest BCUT2D eigenvalue weighted by molar-refractivity contribution is -0.117. The normalized spacial score (nSPS) is 16.8. The number of nitrogens with zero attached hydrogens (tertiary/aromatic N) is 3. The smallest absolute Gasteiger partial charge is 0.257 e. The fraction of sp³-hybridized carbons (Fsp3) is 0.308. The molecule has 0 bridgehead atoms. The lowest BCUT2D eigenvalue weighted by Gasteiger charge is -2.22. The first-order valence-electron chi connectivity index (χ1n) is 11.7. The molecule has 2 heterocycles. The van der Waals surface area contributed by atoms with Gasteiger partial charge >= 0.3 is 0 Å². The van der Waals surface area contributed by atoms with E-state index in [2.05, 4.69) is 15.3 Å². The predicted octanol–water partition coefficient (Wildman–Crippen LogP) is 4.29. The Balaban J connectivity index is 1.38. The minimum atomic E-state index is -0.412. The van der Waals surface area contributed by atoms with Crippen molar-refractivity contribution in [3.8, 4) is 17.2 Å². The molecule has 9 nitrogen and oxygen atoms in total. The first-order valence-corrected chi connectivity index (χ1v) is 12.1. The van der Waals surface area contributed by atoms with Crippen molar-refractivity contribution in [1.29, 1.82) is 0 Å². The van der Waals surface area contributed by atoms with Crippen LogP contribution in [0, 0.1) is 0 Å². The number of carbonyl (C=O) groups is 2. The number of hydrogen-bond acceptors (Lipinski definition) is 7. The van der Waals surface area contributed by atoms with Crippen LogP contribution in [0.1, 0.15) is 34.9 Å². The molecule has 10 heteroatoms. The maximum absolute atomic E-state index is 13.2. The Morgan fingerprint density at radius 3 is 2.56 bits per heavy atom. The van der Waals surface area contributed by atoms with Gasteiger partial charge in [-0.15, -0.1) is 0 Å². The molecule has 0 spiro atoms. The first kappa shape index (κ1) is 24.0. The van der Waals surface area contributed by atoms with Gasteiger partial charge in [0.25, 0.3) is 5.91 Å². The van der Waals surface area contributed by atoms with Gasteiger partial charge in [-0.1, -0.05) is 23.7 Å². The minimum absolute atomic E-state index is 0.201. The Hall–Kier alpha value is -3.69. The number of halogens is 1. The Morgan fingerprint density at radius 2 is 1.78 bits per heavy atom. The molecule has 3 aromatic rings. The lowest BCUT2D eigenvalue weighted by Crippen LogP contribution is -2.40. The largest absolute Gasteiger partial charge is 0.487 e. The van der Waals surface area contributed by atoms with Gasteiger partial charge in [0.05, 0.1) is 24.5 Å². The van der Waals surface area contributed by atoms with Gasteiger partial charge in [0, 0.05) is 29.9 Å². The number of aromatic nitrogens is 2. The SMILES string of the molecule is O=C1CN(C(=O)c2cnc(C3CC3)nc2)CCOCCOc2ccccc2Oc2ccc(Cl)cc2N1. The van der Waals surface area contributed by atoms with Crippen LogP contribution in [0.4, 0.5) is 5.69 Å². The fourth-order valence-electron chi connectivity index (χ4n) is 3.75. The predicted molar refractivity (Wildman–Crippen MR) is 133 cm³/mol. The number of carbonyl (C=O) groups excluding carboxylic acids is 2. The van der Waals surface area contributed by atoms with Gasteiger partial charge < -0.3 is 24.4 Å². The molecule has 1 fully saturated rings. The van der Waals surface area contributed by atoms with E-state index in [1.165, 1.54) is 17.3 Å². The number of para-hydroxylation sites is 2. The molecule has 2 aliphatic rings. The molecular weight excluding hydrogens is 484 g/mol. The van der Waals surface area contributed by atoms with Gasteiger partial charge in [0.2, 0.25) is 5.91 Å². The second-order valence-corrected chi connectivity index (χ2v) is 8.97. The van der Waals surface area contributed by atoms with Gasteiger partial charge in [-0.3, -0.25) is 9.59 Å². The van der Waals surface area contributed by atoms with Crippen LogP contribution < -0.4 is 14.8 Å². The molecule has 1 saturated carbocycles. The average molecular weight is 509 g/mol. The van der Waals surface area contributed by atoms with E-state index in [9.17, 15) is 9.59 Å². The van der Waals surface area contributed by atoms with Gasteiger partial charge in [-0.25, -0.2) is 9.97 Å². The quantitative estimate of drug-likeness (QED) is 0.550. The summed E-state index contributed by atoms with van der Waals surface area (Å²) >= 11 is 6.19. The number of ether oxygens (including phenoxy) is 3. The lowest BCUT2D eigenvalue weighted by atomic mass is 10.2. The van der Waals surface area contributed by atoms with E-state index in [0.717, 1.165) is 18.7 Å². The third-order valence-electron chi connectivity index (χ3n) is 5.76. The molecule has 0 atom stereocenters. The van der Waals surface area contributed by atoms with E-state index in [4.69, 9.17) is 25.8 Å². The molecule has 36 heavy (non-hydrogen) atoms. The van der Waals surface area contributed by atoms with Crippen LogP contribution in [-0.2, 0) is 9.53 Å². The summed E-state index contributed by atoms with van der Waals surface area (Å²) in [7, 11) is 0. The second kappa shape index (κ2) is 10.9. The number of fused-ring (bicyclic) bond motifs is 2. The molecular formula is C26H25ClN4O5. The average Bonchev–Trinajstić information content (AvgIpc) is 3.73. The molecule has 1 aromatic heterocycles. The van der Waals surface area contributed by atoms with Crippen LogP contribution in [0.5, 0.6) is 17.2 Å². The molecule has 5 rings (SSSR count). The Bertz CT molecular complexity index is 1250. The standard InChI is InChI=1S/C26H25ClN4O5/c27-19-7-8-21-20(13-19)30-24(32)16-31(26(33)18-14-28-25(29-15-18)17-5-6-17)9-10-34-11-12-35-22-3-1-2-4-23(22)36-21/h1-4,7-8,13-15,17H,5-6,9-12,16H2,(H,30,32). The second-order valence-electron chi connectivity index (χ2n) is 8.53. The molecule has 0 saturated heterocycles. The summed E-state index contributed by atoms with van der Waals surface area (Å²) in [5.41, 5.74) is 0.689. The Labute approximate surface area is 213 Å². The van der Waals surface area contributed by atoms with Crippen LogP contribution in [0.15, 0.2) is 54.9 Å². The van der Waals surface area contributed by atoms with Crippen molar-refractivity contribution >= 4 is 29.1 Å². The summed E-state index contributed by atoms with van der Waals surface area (Å²) in [5, 5.41) is 3.24.